The van der Waals surface area contributed by atoms with Crippen molar-refractivity contribution in [1.82, 2.24) is 5.32 Å². The van der Waals surface area contributed by atoms with Crippen LogP contribution in [0.25, 0.3) is 0 Å². The van der Waals surface area contributed by atoms with Crippen LogP contribution in [0.4, 0.5) is 0 Å². The highest BCUT2D eigenvalue weighted by Gasteiger charge is 2.46. The van der Waals surface area contributed by atoms with Gasteiger partial charge in [-0.2, -0.15) is 0 Å². The number of halogens is 2. The molecule has 0 aromatic heterocycles. The summed E-state index contributed by atoms with van der Waals surface area (Å²) in [5, 5.41) is 3.31. The van der Waals surface area contributed by atoms with Crippen molar-refractivity contribution < 1.29 is 9.59 Å². The first-order valence-electron chi connectivity index (χ1n) is 6.04. The fourth-order valence-corrected chi connectivity index (χ4v) is 2.04. The maximum Gasteiger partial charge on any atom is 0.240 e. The quantitative estimate of drug-likeness (QED) is 0.763. The van der Waals surface area contributed by atoms with Crippen molar-refractivity contribution >= 4 is 35.8 Å². The molecule has 5 N–H and O–H groups in total. The molecule has 0 unspecified atom stereocenters. The van der Waals surface area contributed by atoms with Gasteiger partial charge in [0.05, 0.1) is 18.0 Å². The highest BCUT2D eigenvalue weighted by atomic mass is 35.5. The summed E-state index contributed by atoms with van der Waals surface area (Å²) in [6.07, 6.45) is 1.34. The number of benzene rings is 1. The number of primary amides is 1. The smallest absolute Gasteiger partial charge is 0.240 e. The van der Waals surface area contributed by atoms with E-state index in [9.17, 15) is 9.59 Å². The molecule has 1 saturated carbocycles. The standard InChI is InChI=1S/C13H16ClN3O2.ClH/c14-9-3-1-2-8(6-9)10(7-11(15)18)17-12(19)13(16)4-5-13;/h1-3,6,10H,4-5,7,16H2,(H2,15,18)(H,17,19);1H/t10-;/m1./s1. The zero-order valence-electron chi connectivity index (χ0n) is 10.8. The van der Waals surface area contributed by atoms with Crippen LogP contribution in [-0.2, 0) is 9.59 Å². The van der Waals surface area contributed by atoms with Gasteiger partial charge in [-0.15, -0.1) is 12.4 Å². The van der Waals surface area contributed by atoms with Gasteiger partial charge in [0.1, 0.15) is 0 Å². The van der Waals surface area contributed by atoms with Crippen LogP contribution in [-0.4, -0.2) is 17.4 Å². The second-order valence-electron chi connectivity index (χ2n) is 4.91. The van der Waals surface area contributed by atoms with Crippen LogP contribution in [0.2, 0.25) is 5.02 Å². The van der Waals surface area contributed by atoms with Crippen LogP contribution in [0.5, 0.6) is 0 Å². The Kier molecular flexibility index (Phi) is 5.39. The normalized spacial score (nSPS) is 16.7. The lowest BCUT2D eigenvalue weighted by molar-refractivity contribution is -0.124. The molecular weight excluding hydrogens is 301 g/mol. The van der Waals surface area contributed by atoms with Crippen LogP contribution < -0.4 is 16.8 Å². The molecule has 5 nitrogen and oxygen atoms in total. The summed E-state index contributed by atoms with van der Waals surface area (Å²) < 4.78 is 0. The van der Waals surface area contributed by atoms with Gasteiger partial charge in [-0.3, -0.25) is 9.59 Å². The molecule has 20 heavy (non-hydrogen) atoms. The molecule has 0 bridgehead atoms. The number of nitrogens with one attached hydrogen (secondary N) is 1. The highest BCUT2D eigenvalue weighted by molar-refractivity contribution is 6.30. The lowest BCUT2D eigenvalue weighted by Gasteiger charge is -2.20. The molecule has 110 valence electrons. The Bertz CT molecular complexity index is 518. The van der Waals surface area contributed by atoms with E-state index in [0.29, 0.717) is 17.9 Å². The minimum Gasteiger partial charge on any atom is -0.370 e. The number of hydrogen-bond donors (Lipinski definition) is 3. The van der Waals surface area contributed by atoms with E-state index in [-0.39, 0.29) is 24.7 Å². The predicted octanol–water partition coefficient (Wildman–Crippen LogP) is 1.29. The molecule has 1 fully saturated rings. The topological polar surface area (TPSA) is 98.2 Å². The minimum atomic E-state index is -0.783. The van der Waals surface area contributed by atoms with Gasteiger partial charge in [0, 0.05) is 5.02 Å². The number of carbonyl (C=O) groups is 2. The molecule has 1 aromatic carbocycles. The summed E-state index contributed by atoms with van der Waals surface area (Å²) in [4.78, 5) is 23.1. The third kappa shape index (κ3) is 4.10. The zero-order chi connectivity index (χ0) is 14.0. The minimum absolute atomic E-state index is 0. The maximum absolute atomic E-state index is 12.0. The van der Waals surface area contributed by atoms with Crippen LogP contribution in [0.1, 0.15) is 30.9 Å². The molecule has 2 rings (SSSR count). The third-order valence-corrected chi connectivity index (χ3v) is 3.44. The van der Waals surface area contributed by atoms with Gasteiger partial charge in [-0.1, -0.05) is 23.7 Å². The van der Waals surface area contributed by atoms with Gasteiger partial charge in [-0.25, -0.2) is 0 Å². The molecule has 1 aliphatic rings. The average molecular weight is 318 g/mol. The molecule has 1 atom stereocenters. The predicted molar refractivity (Wildman–Crippen MR) is 79.5 cm³/mol. The van der Waals surface area contributed by atoms with Crippen LogP contribution in [0.15, 0.2) is 24.3 Å². The molecule has 0 aliphatic heterocycles. The SMILES string of the molecule is Cl.NC(=O)C[C@@H](NC(=O)C1(N)CC1)c1cccc(Cl)c1. The molecule has 0 heterocycles. The number of hydrogen-bond acceptors (Lipinski definition) is 3. The fraction of sp³-hybridized carbons (Fsp3) is 0.385. The van der Waals surface area contributed by atoms with E-state index in [1.807, 2.05) is 0 Å². The molecule has 1 aliphatic carbocycles. The van der Waals surface area contributed by atoms with Gasteiger partial charge in [0.25, 0.3) is 0 Å². The van der Waals surface area contributed by atoms with Crippen molar-refractivity contribution in [2.75, 3.05) is 0 Å². The van der Waals surface area contributed by atoms with E-state index < -0.39 is 17.5 Å². The first-order chi connectivity index (χ1) is 8.90. The second kappa shape index (κ2) is 6.43. The Hall–Kier alpha value is -1.30. The first-order valence-corrected chi connectivity index (χ1v) is 6.42. The number of carbonyl (C=O) groups excluding carboxylic acids is 2. The van der Waals surface area contributed by atoms with Gasteiger partial charge in [0.15, 0.2) is 0 Å². The van der Waals surface area contributed by atoms with Gasteiger partial charge >= 0.3 is 0 Å². The molecule has 2 amide bonds. The average Bonchev–Trinajstić information content (AvgIpc) is 3.07. The van der Waals surface area contributed by atoms with Crippen molar-refractivity contribution in [2.24, 2.45) is 11.5 Å². The summed E-state index contributed by atoms with van der Waals surface area (Å²) in [5.74, 6) is -0.745. The van der Waals surface area contributed by atoms with Crippen LogP contribution in [0.3, 0.4) is 0 Å². The first kappa shape index (κ1) is 16.8. The largest absolute Gasteiger partial charge is 0.370 e. The van der Waals surface area contributed by atoms with E-state index in [4.69, 9.17) is 23.1 Å². The molecule has 1 aromatic rings. The number of rotatable bonds is 5. The summed E-state index contributed by atoms with van der Waals surface area (Å²) in [7, 11) is 0. The lowest BCUT2D eigenvalue weighted by atomic mass is 10.0. The molecule has 0 spiro atoms. The van der Waals surface area contributed by atoms with E-state index in [0.717, 1.165) is 5.56 Å². The van der Waals surface area contributed by atoms with Gasteiger partial charge in [0.2, 0.25) is 11.8 Å². The lowest BCUT2D eigenvalue weighted by Crippen LogP contribution is -2.44. The van der Waals surface area contributed by atoms with E-state index >= 15 is 0 Å². The van der Waals surface area contributed by atoms with Gasteiger partial charge in [-0.05, 0) is 30.5 Å². The third-order valence-electron chi connectivity index (χ3n) is 3.20. The van der Waals surface area contributed by atoms with Crippen molar-refractivity contribution in [3.05, 3.63) is 34.9 Å². The zero-order valence-corrected chi connectivity index (χ0v) is 12.3. The monoisotopic (exact) mass is 317 g/mol. The Labute approximate surface area is 128 Å². The summed E-state index contributed by atoms with van der Waals surface area (Å²) >= 11 is 5.91. The molecule has 0 saturated heterocycles. The Morgan fingerprint density at radius 2 is 2.05 bits per heavy atom. The number of amides is 2. The van der Waals surface area contributed by atoms with E-state index in [1.165, 1.54) is 0 Å². The van der Waals surface area contributed by atoms with Crippen molar-refractivity contribution in [3.8, 4) is 0 Å². The van der Waals surface area contributed by atoms with Gasteiger partial charge < -0.3 is 16.8 Å². The van der Waals surface area contributed by atoms with Crippen molar-refractivity contribution in [2.45, 2.75) is 30.8 Å². The fourth-order valence-electron chi connectivity index (χ4n) is 1.84. The van der Waals surface area contributed by atoms with E-state index in [1.54, 1.807) is 24.3 Å². The molecular formula is C13H17Cl2N3O2. The second-order valence-corrected chi connectivity index (χ2v) is 5.34. The van der Waals surface area contributed by atoms with Crippen molar-refractivity contribution in [1.29, 1.82) is 0 Å². The summed E-state index contributed by atoms with van der Waals surface area (Å²) in [5.41, 5.74) is 11.0. The Morgan fingerprint density at radius 1 is 1.40 bits per heavy atom. The molecule has 0 radical (unpaired) electrons. The van der Waals surface area contributed by atoms with Crippen LogP contribution in [0, 0.1) is 0 Å². The summed E-state index contributed by atoms with van der Waals surface area (Å²) in [6.45, 7) is 0. The van der Waals surface area contributed by atoms with Crippen LogP contribution >= 0.6 is 24.0 Å². The molecule has 7 heteroatoms. The Morgan fingerprint density at radius 3 is 2.55 bits per heavy atom. The van der Waals surface area contributed by atoms with E-state index in [2.05, 4.69) is 5.32 Å². The maximum atomic E-state index is 12.0. The Balaban J connectivity index is 0.00000200. The summed E-state index contributed by atoms with van der Waals surface area (Å²) in [6, 6.07) is 6.47. The van der Waals surface area contributed by atoms with Crippen molar-refractivity contribution in [3.63, 3.8) is 0 Å². The highest BCUT2D eigenvalue weighted by Crippen LogP contribution is 2.33. The number of nitrogens with two attached hydrogens (primary N) is 2.